The lowest BCUT2D eigenvalue weighted by Crippen LogP contribution is -2.50. The number of carboxylic acids is 1. The van der Waals surface area contributed by atoms with Crippen LogP contribution in [0.4, 0.5) is 4.79 Å². The van der Waals surface area contributed by atoms with Crippen LogP contribution in [-0.4, -0.2) is 104 Å². The van der Waals surface area contributed by atoms with Crippen molar-refractivity contribution in [2.24, 2.45) is 5.92 Å². The van der Waals surface area contributed by atoms with Gasteiger partial charge in [-0.15, -0.1) is 0 Å². The van der Waals surface area contributed by atoms with Gasteiger partial charge in [-0.05, 0) is 12.8 Å². The number of nitrogens with zero attached hydrogens (tertiary/aromatic N) is 3. The fraction of sp³-hybridized carbons (Fsp3) is 0.875. The van der Waals surface area contributed by atoms with Gasteiger partial charge in [0.05, 0.1) is 19.1 Å². The predicted molar refractivity (Wildman–Crippen MR) is 85.9 cm³/mol. The monoisotopic (exact) mass is 341 g/mol. The number of urea groups is 1. The van der Waals surface area contributed by atoms with Crippen molar-refractivity contribution in [2.45, 2.75) is 18.9 Å². The maximum atomic E-state index is 12.7. The lowest BCUT2D eigenvalue weighted by atomic mass is 10.0. The maximum absolute atomic E-state index is 12.7. The highest BCUT2D eigenvalue weighted by molar-refractivity contribution is 5.76. The second kappa shape index (κ2) is 8.13. The summed E-state index contributed by atoms with van der Waals surface area (Å²) in [5, 5.41) is 9.57. The van der Waals surface area contributed by atoms with Gasteiger partial charge in [-0.25, -0.2) is 4.79 Å². The van der Waals surface area contributed by atoms with Crippen molar-refractivity contribution in [1.82, 2.24) is 14.7 Å². The Labute approximate surface area is 142 Å². The van der Waals surface area contributed by atoms with E-state index in [1.54, 1.807) is 9.80 Å². The number of hydrogen-bond acceptors (Lipinski definition) is 5. The molecule has 3 aliphatic heterocycles. The van der Waals surface area contributed by atoms with Crippen molar-refractivity contribution in [3.05, 3.63) is 0 Å². The van der Waals surface area contributed by atoms with Crippen molar-refractivity contribution in [3.63, 3.8) is 0 Å². The first-order valence-corrected chi connectivity index (χ1v) is 8.81. The summed E-state index contributed by atoms with van der Waals surface area (Å²) in [6.07, 6.45) is 1.87. The molecule has 0 bridgehead atoms. The van der Waals surface area contributed by atoms with E-state index in [0.717, 1.165) is 32.6 Å². The molecule has 3 heterocycles. The van der Waals surface area contributed by atoms with E-state index in [9.17, 15) is 14.7 Å². The molecule has 8 nitrogen and oxygen atoms in total. The Morgan fingerprint density at radius 3 is 2.17 bits per heavy atom. The number of rotatable bonds is 2. The van der Waals surface area contributed by atoms with Crippen LogP contribution in [0.2, 0.25) is 0 Å². The summed E-state index contributed by atoms with van der Waals surface area (Å²) in [6, 6.07) is 0.303. The molecule has 0 spiro atoms. The van der Waals surface area contributed by atoms with Gasteiger partial charge >= 0.3 is 12.0 Å². The van der Waals surface area contributed by atoms with Crippen LogP contribution in [-0.2, 0) is 14.3 Å². The molecular weight excluding hydrogens is 314 g/mol. The minimum absolute atomic E-state index is 0.0571. The minimum Gasteiger partial charge on any atom is -0.481 e. The Balaban J connectivity index is 1.66. The second-order valence-electron chi connectivity index (χ2n) is 6.70. The minimum atomic E-state index is -0.825. The number of carbonyl (C=O) groups is 2. The zero-order valence-corrected chi connectivity index (χ0v) is 14.1. The third kappa shape index (κ3) is 4.17. The van der Waals surface area contributed by atoms with E-state index < -0.39 is 11.9 Å². The predicted octanol–water partition coefficient (Wildman–Crippen LogP) is -0.0640. The molecule has 0 saturated carbocycles. The van der Waals surface area contributed by atoms with E-state index >= 15 is 0 Å². The number of amides is 2. The number of carboxylic acid groups (broad SMARTS) is 1. The molecule has 0 aromatic heterocycles. The first-order chi connectivity index (χ1) is 11.6. The van der Waals surface area contributed by atoms with Gasteiger partial charge in [0.25, 0.3) is 0 Å². The van der Waals surface area contributed by atoms with Crippen molar-refractivity contribution < 1.29 is 24.2 Å². The van der Waals surface area contributed by atoms with Gasteiger partial charge < -0.3 is 24.4 Å². The highest BCUT2D eigenvalue weighted by Crippen LogP contribution is 2.20. The SMILES string of the molecule is O=C(O)C1CN(C(=O)N2CCOCC2)CCN(C2CCOCC2)C1. The molecule has 3 aliphatic rings. The van der Waals surface area contributed by atoms with Crippen molar-refractivity contribution in [1.29, 1.82) is 0 Å². The molecule has 8 heteroatoms. The van der Waals surface area contributed by atoms with Crippen LogP contribution in [0.1, 0.15) is 12.8 Å². The van der Waals surface area contributed by atoms with Crippen LogP contribution in [0.25, 0.3) is 0 Å². The maximum Gasteiger partial charge on any atom is 0.320 e. The van der Waals surface area contributed by atoms with Gasteiger partial charge in [-0.1, -0.05) is 0 Å². The highest BCUT2D eigenvalue weighted by atomic mass is 16.5. The zero-order valence-electron chi connectivity index (χ0n) is 14.1. The smallest absolute Gasteiger partial charge is 0.320 e. The molecule has 3 rings (SSSR count). The number of morpholine rings is 1. The Bertz CT molecular complexity index is 449. The average molecular weight is 341 g/mol. The third-order valence-corrected chi connectivity index (χ3v) is 5.16. The Kier molecular flexibility index (Phi) is 5.91. The highest BCUT2D eigenvalue weighted by Gasteiger charge is 2.34. The standard InChI is InChI=1S/C16H27N3O5/c20-15(21)13-11-18(14-1-7-23-8-2-14)3-4-19(12-13)16(22)17-5-9-24-10-6-17/h13-14H,1-12H2,(H,20,21). The molecule has 1 N–H and O–H groups in total. The van der Waals surface area contributed by atoms with Gasteiger partial charge in [-0.3, -0.25) is 9.69 Å². The molecule has 0 aromatic rings. The van der Waals surface area contributed by atoms with Crippen LogP contribution >= 0.6 is 0 Å². The summed E-state index contributed by atoms with van der Waals surface area (Å²) in [5.41, 5.74) is 0. The summed E-state index contributed by atoms with van der Waals surface area (Å²) in [4.78, 5) is 30.1. The molecule has 3 fully saturated rings. The molecule has 2 amide bonds. The molecule has 24 heavy (non-hydrogen) atoms. The normalized spacial score (nSPS) is 27.8. The lowest BCUT2D eigenvalue weighted by Gasteiger charge is -2.34. The van der Waals surface area contributed by atoms with Crippen molar-refractivity contribution in [3.8, 4) is 0 Å². The largest absolute Gasteiger partial charge is 0.481 e. The van der Waals surface area contributed by atoms with Gasteiger partial charge in [-0.2, -0.15) is 0 Å². The van der Waals surface area contributed by atoms with E-state index in [-0.39, 0.29) is 12.6 Å². The topological polar surface area (TPSA) is 82.5 Å². The molecule has 0 aliphatic carbocycles. The number of carbonyl (C=O) groups excluding carboxylic acids is 1. The van der Waals surface area contributed by atoms with E-state index in [1.165, 1.54) is 0 Å². The Morgan fingerprint density at radius 1 is 0.833 bits per heavy atom. The Hall–Kier alpha value is -1.38. The molecule has 0 aromatic carbocycles. The van der Waals surface area contributed by atoms with Crippen LogP contribution < -0.4 is 0 Å². The average Bonchev–Trinajstić information content (AvgIpc) is 2.86. The summed E-state index contributed by atoms with van der Waals surface area (Å²) >= 11 is 0. The summed E-state index contributed by atoms with van der Waals surface area (Å²) in [6.45, 7) is 5.82. The quantitative estimate of drug-likeness (QED) is 0.757. The molecule has 3 saturated heterocycles. The second-order valence-corrected chi connectivity index (χ2v) is 6.70. The van der Waals surface area contributed by atoms with E-state index in [4.69, 9.17) is 9.47 Å². The fourth-order valence-electron chi connectivity index (χ4n) is 3.71. The molecule has 1 unspecified atom stereocenters. The van der Waals surface area contributed by atoms with E-state index in [0.29, 0.717) is 45.4 Å². The lowest BCUT2D eigenvalue weighted by molar-refractivity contribution is -0.142. The van der Waals surface area contributed by atoms with Gasteiger partial charge in [0.2, 0.25) is 0 Å². The van der Waals surface area contributed by atoms with Crippen LogP contribution in [0, 0.1) is 5.92 Å². The molecule has 136 valence electrons. The fourth-order valence-corrected chi connectivity index (χ4v) is 3.71. The van der Waals surface area contributed by atoms with Crippen molar-refractivity contribution >= 4 is 12.0 Å². The van der Waals surface area contributed by atoms with E-state index in [1.807, 2.05) is 0 Å². The number of aliphatic carboxylic acids is 1. The van der Waals surface area contributed by atoms with Gasteiger partial charge in [0.1, 0.15) is 0 Å². The number of ether oxygens (including phenoxy) is 2. The van der Waals surface area contributed by atoms with Crippen LogP contribution in [0.3, 0.4) is 0 Å². The molecule has 0 radical (unpaired) electrons. The Morgan fingerprint density at radius 2 is 1.50 bits per heavy atom. The third-order valence-electron chi connectivity index (χ3n) is 5.16. The van der Waals surface area contributed by atoms with Crippen LogP contribution in [0.15, 0.2) is 0 Å². The first-order valence-electron chi connectivity index (χ1n) is 8.81. The number of hydrogen-bond donors (Lipinski definition) is 1. The summed E-state index contributed by atoms with van der Waals surface area (Å²) in [7, 11) is 0. The molecule has 1 atom stereocenters. The first kappa shape index (κ1) is 17.4. The van der Waals surface area contributed by atoms with E-state index in [2.05, 4.69) is 4.90 Å². The zero-order chi connectivity index (χ0) is 16.9. The summed E-state index contributed by atoms with van der Waals surface area (Å²) in [5.74, 6) is -1.37. The molecular formula is C16H27N3O5. The van der Waals surface area contributed by atoms with Gasteiger partial charge in [0.15, 0.2) is 0 Å². The van der Waals surface area contributed by atoms with Crippen LogP contribution in [0.5, 0.6) is 0 Å². The summed E-state index contributed by atoms with van der Waals surface area (Å²) < 4.78 is 10.7. The van der Waals surface area contributed by atoms with Gasteiger partial charge in [0, 0.05) is 58.5 Å². The van der Waals surface area contributed by atoms with Crippen molar-refractivity contribution in [2.75, 3.05) is 65.7 Å².